The number of nitrogens with zero attached hydrogens (tertiary/aromatic N) is 1. The zero-order valence-corrected chi connectivity index (χ0v) is 16.1. The van der Waals surface area contributed by atoms with E-state index in [-0.39, 0.29) is 18.3 Å². The topological polar surface area (TPSA) is 61.8 Å². The number of hydrogen-bond acceptors (Lipinski definition) is 4. The number of rotatable bonds is 4. The van der Waals surface area contributed by atoms with E-state index in [1.165, 1.54) is 6.07 Å². The maximum Gasteiger partial charge on any atom is 0.224 e. The molecule has 4 rings (SSSR count). The van der Waals surface area contributed by atoms with E-state index in [1.54, 1.807) is 18.2 Å². The van der Waals surface area contributed by atoms with Crippen LogP contribution in [0.1, 0.15) is 24.8 Å². The summed E-state index contributed by atoms with van der Waals surface area (Å²) in [6, 6.07) is 10.2. The molecule has 7 heteroatoms. The van der Waals surface area contributed by atoms with Gasteiger partial charge in [0.15, 0.2) is 0 Å². The quantitative estimate of drug-likeness (QED) is 0.814. The van der Waals surface area contributed by atoms with E-state index in [0.717, 1.165) is 11.3 Å². The molecule has 1 amide bonds. The lowest BCUT2D eigenvalue weighted by atomic mass is 9.92. The minimum absolute atomic E-state index is 0.0272. The van der Waals surface area contributed by atoms with Gasteiger partial charge >= 0.3 is 0 Å². The van der Waals surface area contributed by atoms with Gasteiger partial charge in [0.2, 0.25) is 5.91 Å². The summed E-state index contributed by atoms with van der Waals surface area (Å²) in [6.07, 6.45) is 2.12. The Morgan fingerprint density at radius 2 is 1.96 bits per heavy atom. The Morgan fingerprint density at radius 3 is 2.71 bits per heavy atom. The molecule has 0 aromatic heterocycles. The molecule has 0 aliphatic carbocycles. The van der Waals surface area contributed by atoms with Gasteiger partial charge in [-0.25, -0.2) is 4.39 Å². The largest absolute Gasteiger partial charge is 0.491 e. The maximum absolute atomic E-state index is 14.1. The Labute approximate surface area is 168 Å². The number of hydrogen-bond donors (Lipinski definition) is 2. The second-order valence-corrected chi connectivity index (χ2v) is 7.90. The van der Waals surface area contributed by atoms with Gasteiger partial charge in [0, 0.05) is 30.2 Å². The molecule has 0 unspecified atom stereocenters. The molecule has 148 valence electrons. The van der Waals surface area contributed by atoms with E-state index in [1.807, 2.05) is 17.0 Å². The third-order valence-corrected chi connectivity index (χ3v) is 5.66. The lowest BCUT2D eigenvalue weighted by molar-refractivity contribution is -0.116. The van der Waals surface area contributed by atoms with Crippen LogP contribution in [-0.2, 0) is 11.2 Å². The van der Waals surface area contributed by atoms with Crippen LogP contribution in [0.5, 0.6) is 5.75 Å². The summed E-state index contributed by atoms with van der Waals surface area (Å²) in [4.78, 5) is 13.4. The number of piperidine rings is 1. The first kappa shape index (κ1) is 19.0. The number of nitrogens with one attached hydrogen (secondary N) is 1. The SMILES string of the molecule is O=C1CCc2cc(OCC3(O)CCN(c4ccc(Cl)cc4F)CC3)ccc2N1. The molecule has 0 bridgehead atoms. The molecule has 2 N–H and O–H groups in total. The second-order valence-electron chi connectivity index (χ2n) is 7.46. The van der Waals surface area contributed by atoms with E-state index < -0.39 is 5.60 Å². The summed E-state index contributed by atoms with van der Waals surface area (Å²) in [5.74, 6) is 0.351. The van der Waals surface area contributed by atoms with E-state index in [2.05, 4.69) is 5.32 Å². The van der Waals surface area contributed by atoms with Crippen molar-refractivity contribution < 1.29 is 19.0 Å². The molecule has 0 spiro atoms. The molecule has 1 saturated heterocycles. The standard InChI is InChI=1S/C21H22ClFN2O3/c22-15-2-5-19(17(23)12-15)25-9-7-21(27,8-10-25)13-28-16-3-4-18-14(11-16)1-6-20(26)24-18/h2-5,11-12,27H,1,6-10,13H2,(H,24,26). The van der Waals surface area contributed by atoms with Gasteiger partial charge in [-0.05, 0) is 61.2 Å². The number of carbonyl (C=O) groups excluding carboxylic acids is 1. The second kappa shape index (κ2) is 7.60. The zero-order valence-electron chi connectivity index (χ0n) is 15.4. The van der Waals surface area contributed by atoms with Crippen molar-refractivity contribution in [3.05, 3.63) is 52.8 Å². The summed E-state index contributed by atoms with van der Waals surface area (Å²) in [5.41, 5.74) is 1.41. The van der Waals surface area contributed by atoms with E-state index in [9.17, 15) is 14.3 Å². The number of amides is 1. The number of aryl methyl sites for hydroxylation is 1. The van der Waals surface area contributed by atoms with Crippen molar-refractivity contribution in [2.75, 3.05) is 29.9 Å². The maximum atomic E-state index is 14.1. The Balaban J connectivity index is 1.35. The van der Waals surface area contributed by atoms with E-state index in [4.69, 9.17) is 16.3 Å². The van der Waals surface area contributed by atoms with Crippen LogP contribution in [0.15, 0.2) is 36.4 Å². The number of fused-ring (bicyclic) bond motifs is 1. The lowest BCUT2D eigenvalue weighted by Gasteiger charge is -2.39. The fourth-order valence-electron chi connectivity index (χ4n) is 3.71. The monoisotopic (exact) mass is 404 g/mol. The van der Waals surface area contributed by atoms with E-state index >= 15 is 0 Å². The molecule has 2 aromatic carbocycles. The third-order valence-electron chi connectivity index (χ3n) is 5.42. The molecule has 2 aliphatic heterocycles. The summed E-state index contributed by atoms with van der Waals surface area (Å²) in [7, 11) is 0. The number of benzene rings is 2. The number of aliphatic hydroxyl groups is 1. The zero-order chi connectivity index (χ0) is 19.7. The molecule has 0 saturated carbocycles. The highest BCUT2D eigenvalue weighted by Gasteiger charge is 2.34. The fraction of sp³-hybridized carbons (Fsp3) is 0.381. The van der Waals surface area contributed by atoms with Gasteiger partial charge in [0.25, 0.3) is 0 Å². The first-order valence-electron chi connectivity index (χ1n) is 9.40. The van der Waals surface area contributed by atoms with Crippen LogP contribution in [0.4, 0.5) is 15.8 Å². The number of carbonyl (C=O) groups is 1. The summed E-state index contributed by atoms with van der Waals surface area (Å²) >= 11 is 5.82. The lowest BCUT2D eigenvalue weighted by Crippen LogP contribution is -2.48. The number of ether oxygens (including phenoxy) is 1. The molecule has 1 fully saturated rings. The van der Waals surface area contributed by atoms with Crippen LogP contribution in [-0.4, -0.2) is 36.3 Å². The molecule has 2 heterocycles. The van der Waals surface area contributed by atoms with Gasteiger partial charge in [-0.15, -0.1) is 0 Å². The van der Waals surface area contributed by atoms with Gasteiger partial charge in [0.05, 0.1) is 5.69 Å². The van der Waals surface area contributed by atoms with Crippen molar-refractivity contribution >= 4 is 28.9 Å². The van der Waals surface area contributed by atoms with Gasteiger partial charge < -0.3 is 20.1 Å². The van der Waals surface area contributed by atoms with Crippen molar-refractivity contribution in [2.24, 2.45) is 0 Å². The molecule has 2 aromatic rings. The van der Waals surface area contributed by atoms with Crippen molar-refractivity contribution in [1.29, 1.82) is 0 Å². The summed E-state index contributed by atoms with van der Waals surface area (Å²) < 4.78 is 20.0. The van der Waals surface area contributed by atoms with Crippen LogP contribution in [0.25, 0.3) is 0 Å². The normalized spacial score (nSPS) is 18.4. The van der Waals surface area contributed by atoms with Crippen LogP contribution < -0.4 is 15.0 Å². The minimum Gasteiger partial charge on any atom is -0.491 e. The van der Waals surface area contributed by atoms with Crippen LogP contribution in [0.2, 0.25) is 5.02 Å². The van der Waals surface area contributed by atoms with Crippen molar-refractivity contribution in [1.82, 2.24) is 0 Å². The predicted octanol–water partition coefficient (Wildman–Crippen LogP) is 3.77. The highest BCUT2D eigenvalue weighted by atomic mass is 35.5. The summed E-state index contributed by atoms with van der Waals surface area (Å²) in [6.45, 7) is 1.25. The number of halogens is 2. The Morgan fingerprint density at radius 1 is 1.18 bits per heavy atom. The molecule has 0 atom stereocenters. The van der Waals surface area contributed by atoms with Crippen molar-refractivity contribution in [3.8, 4) is 5.75 Å². The molecule has 0 radical (unpaired) electrons. The molecular formula is C21H22ClFN2O3. The van der Waals surface area contributed by atoms with Crippen LogP contribution >= 0.6 is 11.6 Å². The Hall–Kier alpha value is -2.31. The molecular weight excluding hydrogens is 383 g/mol. The average molecular weight is 405 g/mol. The highest BCUT2D eigenvalue weighted by Crippen LogP contribution is 2.31. The fourth-order valence-corrected chi connectivity index (χ4v) is 3.87. The smallest absolute Gasteiger partial charge is 0.224 e. The summed E-state index contributed by atoms with van der Waals surface area (Å²) in [5, 5.41) is 14.1. The number of anilines is 2. The molecule has 2 aliphatic rings. The minimum atomic E-state index is -0.955. The van der Waals surface area contributed by atoms with Crippen molar-refractivity contribution in [2.45, 2.75) is 31.3 Å². The van der Waals surface area contributed by atoms with Crippen LogP contribution in [0, 0.1) is 5.82 Å². The first-order chi connectivity index (χ1) is 13.4. The van der Waals surface area contributed by atoms with Crippen molar-refractivity contribution in [3.63, 3.8) is 0 Å². The molecule has 5 nitrogen and oxygen atoms in total. The average Bonchev–Trinajstić information content (AvgIpc) is 2.67. The van der Waals surface area contributed by atoms with Gasteiger partial charge in [-0.2, -0.15) is 0 Å². The Kier molecular flexibility index (Phi) is 5.17. The van der Waals surface area contributed by atoms with Gasteiger partial charge in [-0.3, -0.25) is 4.79 Å². The predicted molar refractivity (Wildman–Crippen MR) is 107 cm³/mol. The third kappa shape index (κ3) is 4.08. The first-order valence-corrected chi connectivity index (χ1v) is 9.78. The highest BCUT2D eigenvalue weighted by molar-refractivity contribution is 6.30. The van der Waals surface area contributed by atoms with Gasteiger partial charge in [0.1, 0.15) is 23.8 Å². The van der Waals surface area contributed by atoms with Crippen LogP contribution in [0.3, 0.4) is 0 Å². The van der Waals surface area contributed by atoms with Gasteiger partial charge in [-0.1, -0.05) is 11.6 Å². The molecule has 28 heavy (non-hydrogen) atoms. The van der Waals surface area contributed by atoms with E-state index in [0.29, 0.717) is 55.2 Å². The Bertz CT molecular complexity index is 897.